The maximum atomic E-state index is 2.50. The molecule has 4 rings (SSSR count). The van der Waals surface area contributed by atoms with Gasteiger partial charge in [0.25, 0.3) is 0 Å². The average molecular weight is 292 g/mol. The minimum atomic E-state index is 0.697. The molecule has 0 fully saturated rings. The van der Waals surface area contributed by atoms with E-state index < -0.39 is 0 Å². The highest BCUT2D eigenvalue weighted by Crippen LogP contribution is 2.37. The Labute approximate surface area is 134 Å². The van der Waals surface area contributed by atoms with E-state index in [1.807, 2.05) is 0 Å². The van der Waals surface area contributed by atoms with Gasteiger partial charge in [-0.3, -0.25) is 0 Å². The number of nitrogens with zero attached hydrogens (tertiary/aromatic N) is 1. The van der Waals surface area contributed by atoms with Gasteiger partial charge in [-0.1, -0.05) is 19.9 Å². The molecule has 0 radical (unpaired) electrons. The van der Waals surface area contributed by atoms with Crippen LogP contribution in [0.1, 0.15) is 54.0 Å². The standard InChI is InChI=1S/C21H26N/c1-13-5-6-17-11-21-19-10-15(3)14(2)9-18(19)7-8-22(21)12-20(17)16(13)4/h9-13,16H,5-8H2,1-4H3/q+1. The third kappa shape index (κ3) is 2.02. The highest BCUT2D eigenvalue weighted by Gasteiger charge is 2.30. The van der Waals surface area contributed by atoms with Crippen LogP contribution >= 0.6 is 0 Å². The first-order valence-corrected chi connectivity index (χ1v) is 8.71. The quantitative estimate of drug-likeness (QED) is 0.629. The van der Waals surface area contributed by atoms with Crippen LogP contribution in [-0.4, -0.2) is 0 Å². The summed E-state index contributed by atoms with van der Waals surface area (Å²) in [6.07, 6.45) is 6.20. The first-order chi connectivity index (χ1) is 10.5. The van der Waals surface area contributed by atoms with Crippen LogP contribution in [0.2, 0.25) is 0 Å². The van der Waals surface area contributed by atoms with Crippen LogP contribution in [0.3, 0.4) is 0 Å². The van der Waals surface area contributed by atoms with E-state index in [1.54, 1.807) is 11.1 Å². The van der Waals surface area contributed by atoms with Gasteiger partial charge < -0.3 is 0 Å². The summed E-state index contributed by atoms with van der Waals surface area (Å²) in [5.41, 5.74) is 10.4. The molecule has 0 saturated carbocycles. The van der Waals surface area contributed by atoms with Crippen LogP contribution in [0.25, 0.3) is 11.3 Å². The highest BCUT2D eigenvalue weighted by atomic mass is 15.0. The Morgan fingerprint density at radius 2 is 1.73 bits per heavy atom. The minimum Gasteiger partial charge on any atom is -0.198 e. The van der Waals surface area contributed by atoms with E-state index in [-0.39, 0.29) is 0 Å². The monoisotopic (exact) mass is 292 g/mol. The van der Waals surface area contributed by atoms with E-state index in [9.17, 15) is 0 Å². The molecular formula is C21H26N+. The van der Waals surface area contributed by atoms with Gasteiger partial charge in [0, 0.05) is 23.6 Å². The summed E-state index contributed by atoms with van der Waals surface area (Å²) in [7, 11) is 0. The summed E-state index contributed by atoms with van der Waals surface area (Å²) in [4.78, 5) is 0. The maximum Gasteiger partial charge on any atom is 0.213 e. The Morgan fingerprint density at radius 3 is 2.55 bits per heavy atom. The van der Waals surface area contributed by atoms with Gasteiger partial charge in [0.05, 0.1) is 0 Å². The minimum absolute atomic E-state index is 0.697. The summed E-state index contributed by atoms with van der Waals surface area (Å²) in [5, 5.41) is 0. The Bertz CT molecular complexity index is 757. The van der Waals surface area contributed by atoms with Crippen molar-refractivity contribution < 1.29 is 4.57 Å². The lowest BCUT2D eigenvalue weighted by molar-refractivity contribution is -0.688. The Hall–Kier alpha value is -1.63. The predicted molar refractivity (Wildman–Crippen MR) is 91.2 cm³/mol. The number of hydrogen-bond acceptors (Lipinski definition) is 0. The fourth-order valence-electron chi connectivity index (χ4n) is 4.20. The zero-order valence-corrected chi connectivity index (χ0v) is 14.2. The molecule has 2 aromatic rings. The molecule has 0 bridgehead atoms. The first kappa shape index (κ1) is 14.0. The Kier molecular flexibility index (Phi) is 3.14. The lowest BCUT2D eigenvalue weighted by Crippen LogP contribution is -2.41. The molecule has 0 spiro atoms. The lowest BCUT2D eigenvalue weighted by Gasteiger charge is -2.28. The normalized spacial score (nSPS) is 22.7. The van der Waals surface area contributed by atoms with Crippen molar-refractivity contribution in [2.45, 2.75) is 59.4 Å². The number of fused-ring (bicyclic) bond motifs is 4. The first-order valence-electron chi connectivity index (χ1n) is 8.71. The molecule has 1 aliphatic heterocycles. The molecule has 2 unspecified atom stereocenters. The molecule has 0 saturated heterocycles. The average Bonchev–Trinajstić information content (AvgIpc) is 2.51. The maximum absolute atomic E-state index is 2.50. The number of hydrogen-bond donors (Lipinski definition) is 0. The van der Waals surface area contributed by atoms with Gasteiger partial charge in [-0.2, -0.15) is 4.57 Å². The molecular weight excluding hydrogens is 266 g/mol. The largest absolute Gasteiger partial charge is 0.213 e. The summed E-state index contributed by atoms with van der Waals surface area (Å²) in [6, 6.07) is 7.29. The van der Waals surface area contributed by atoms with Gasteiger partial charge in [0.2, 0.25) is 5.69 Å². The van der Waals surface area contributed by atoms with E-state index in [0.29, 0.717) is 5.92 Å². The van der Waals surface area contributed by atoms with Crippen molar-refractivity contribution in [1.82, 2.24) is 0 Å². The molecule has 0 amide bonds. The van der Waals surface area contributed by atoms with Crippen molar-refractivity contribution in [2.75, 3.05) is 0 Å². The van der Waals surface area contributed by atoms with Crippen molar-refractivity contribution in [2.24, 2.45) is 5.92 Å². The van der Waals surface area contributed by atoms with Gasteiger partial charge in [-0.25, -0.2) is 0 Å². The fourth-order valence-corrected chi connectivity index (χ4v) is 4.20. The Morgan fingerprint density at radius 1 is 0.955 bits per heavy atom. The van der Waals surface area contributed by atoms with E-state index in [2.05, 4.69) is 56.7 Å². The molecule has 1 aromatic heterocycles. The molecule has 1 aliphatic carbocycles. The summed E-state index contributed by atoms with van der Waals surface area (Å²) < 4.78 is 2.50. The van der Waals surface area contributed by atoms with Crippen molar-refractivity contribution in [3.05, 3.63) is 52.2 Å². The van der Waals surface area contributed by atoms with Crippen LogP contribution < -0.4 is 4.57 Å². The predicted octanol–water partition coefficient (Wildman–Crippen LogP) is 4.50. The van der Waals surface area contributed by atoms with Crippen LogP contribution in [0.4, 0.5) is 0 Å². The van der Waals surface area contributed by atoms with Gasteiger partial charge in [-0.15, -0.1) is 0 Å². The topological polar surface area (TPSA) is 3.88 Å². The van der Waals surface area contributed by atoms with Crippen LogP contribution in [0, 0.1) is 19.8 Å². The molecule has 0 N–H and O–H groups in total. The zero-order valence-electron chi connectivity index (χ0n) is 14.2. The molecule has 2 aliphatic rings. The molecule has 1 nitrogen and oxygen atoms in total. The smallest absolute Gasteiger partial charge is 0.198 e. The van der Waals surface area contributed by atoms with E-state index in [4.69, 9.17) is 0 Å². The second kappa shape index (κ2) is 4.94. The summed E-state index contributed by atoms with van der Waals surface area (Å²) in [6.45, 7) is 10.4. The third-order valence-electron chi connectivity index (χ3n) is 6.12. The van der Waals surface area contributed by atoms with E-state index >= 15 is 0 Å². The second-order valence-corrected chi connectivity index (χ2v) is 7.48. The van der Waals surface area contributed by atoms with Gasteiger partial charge in [0.15, 0.2) is 12.7 Å². The van der Waals surface area contributed by atoms with E-state index in [0.717, 1.165) is 18.9 Å². The molecule has 22 heavy (non-hydrogen) atoms. The van der Waals surface area contributed by atoms with Crippen molar-refractivity contribution in [3.63, 3.8) is 0 Å². The summed E-state index contributed by atoms with van der Waals surface area (Å²) in [5.74, 6) is 1.51. The molecule has 2 atom stereocenters. The van der Waals surface area contributed by atoms with Crippen molar-refractivity contribution >= 4 is 0 Å². The molecule has 2 heterocycles. The zero-order chi connectivity index (χ0) is 15.4. The SMILES string of the molecule is Cc1cc2c(cc1C)-c1cc3c(c[n+]1CC2)C(C)C(C)CC3. The van der Waals surface area contributed by atoms with E-state index in [1.165, 1.54) is 40.8 Å². The Balaban J connectivity index is 1.90. The van der Waals surface area contributed by atoms with Gasteiger partial charge >= 0.3 is 0 Å². The van der Waals surface area contributed by atoms with Crippen LogP contribution in [-0.2, 0) is 19.4 Å². The van der Waals surface area contributed by atoms with Gasteiger partial charge in [0.1, 0.15) is 0 Å². The number of rotatable bonds is 0. The van der Waals surface area contributed by atoms with Crippen LogP contribution in [0.15, 0.2) is 24.4 Å². The highest BCUT2D eigenvalue weighted by molar-refractivity contribution is 5.65. The number of pyridine rings is 1. The molecule has 114 valence electrons. The molecule has 1 aromatic carbocycles. The lowest BCUT2D eigenvalue weighted by atomic mass is 9.77. The van der Waals surface area contributed by atoms with Crippen molar-refractivity contribution in [3.8, 4) is 11.3 Å². The fraction of sp³-hybridized carbons (Fsp3) is 0.476. The number of aromatic nitrogens is 1. The van der Waals surface area contributed by atoms with Gasteiger partial charge in [-0.05, 0) is 66.8 Å². The number of aryl methyl sites for hydroxylation is 5. The second-order valence-electron chi connectivity index (χ2n) is 7.48. The summed E-state index contributed by atoms with van der Waals surface area (Å²) >= 11 is 0. The van der Waals surface area contributed by atoms with Crippen molar-refractivity contribution in [1.29, 1.82) is 0 Å². The third-order valence-corrected chi connectivity index (χ3v) is 6.12. The number of benzene rings is 1. The van der Waals surface area contributed by atoms with Crippen LogP contribution in [0.5, 0.6) is 0 Å². The molecule has 1 heteroatoms.